The largest absolute Gasteiger partial charge is 0.218 e. The number of hydrogen-bond donors (Lipinski definition) is 1. The molecule has 4 heteroatoms. The fourth-order valence-corrected chi connectivity index (χ4v) is 2.84. The van der Waals surface area contributed by atoms with Crippen LogP contribution in [0.5, 0.6) is 0 Å². The first-order chi connectivity index (χ1) is 8.15. The van der Waals surface area contributed by atoms with Gasteiger partial charge in [0, 0.05) is 0 Å². The molecule has 1 rings (SSSR count). The molecule has 0 aliphatic heterocycles. The summed E-state index contributed by atoms with van der Waals surface area (Å²) in [5.74, 6) is 0.120. The van der Waals surface area contributed by atoms with Crippen molar-refractivity contribution in [1.29, 1.82) is 0 Å². The molecule has 0 spiro atoms. The average molecular weight is 269 g/mol. The molecule has 0 aliphatic carbocycles. The molecule has 0 bridgehead atoms. The fraction of sp³-hybridized carbons (Fsp3) is 0.571. The van der Waals surface area contributed by atoms with Crippen LogP contribution >= 0.6 is 0 Å². The Kier molecular flexibility index (Phi) is 4.56. The highest BCUT2D eigenvalue weighted by Gasteiger charge is 2.17. The van der Waals surface area contributed by atoms with E-state index in [2.05, 4.69) is 37.6 Å². The van der Waals surface area contributed by atoms with Gasteiger partial charge in [-0.1, -0.05) is 52.0 Å². The second kappa shape index (κ2) is 5.41. The lowest BCUT2D eigenvalue weighted by atomic mass is 9.86. The molecule has 0 heterocycles. The highest BCUT2D eigenvalue weighted by Crippen LogP contribution is 2.24. The number of hydrogen-bond acceptors (Lipinski definition) is 2. The van der Waals surface area contributed by atoms with Crippen molar-refractivity contribution in [3.8, 4) is 0 Å². The second-order valence-corrected chi connectivity index (χ2v) is 7.73. The van der Waals surface area contributed by atoms with Crippen LogP contribution in [0.1, 0.15) is 44.7 Å². The van der Waals surface area contributed by atoms with Gasteiger partial charge < -0.3 is 0 Å². The lowest BCUT2D eigenvalue weighted by molar-refractivity contribution is 0.581. The van der Waals surface area contributed by atoms with Gasteiger partial charge in [0.25, 0.3) is 0 Å². The Morgan fingerprint density at radius 3 is 2.06 bits per heavy atom. The number of nitrogens with one attached hydrogen (secondary N) is 1. The second-order valence-electron chi connectivity index (χ2n) is 5.76. The van der Waals surface area contributed by atoms with Crippen LogP contribution in [0.2, 0.25) is 0 Å². The van der Waals surface area contributed by atoms with Gasteiger partial charge in [-0.3, -0.25) is 0 Å². The van der Waals surface area contributed by atoms with Crippen LogP contribution in [0.3, 0.4) is 0 Å². The summed E-state index contributed by atoms with van der Waals surface area (Å²) in [5.41, 5.74) is 2.44. The van der Waals surface area contributed by atoms with Crippen LogP contribution in [0.15, 0.2) is 24.3 Å². The van der Waals surface area contributed by atoms with Crippen LogP contribution in [0.4, 0.5) is 0 Å². The summed E-state index contributed by atoms with van der Waals surface area (Å²) >= 11 is 0. The van der Waals surface area contributed by atoms with E-state index >= 15 is 0 Å². The van der Waals surface area contributed by atoms with Gasteiger partial charge >= 0.3 is 0 Å². The molecule has 18 heavy (non-hydrogen) atoms. The van der Waals surface area contributed by atoms with Crippen molar-refractivity contribution in [3.05, 3.63) is 35.4 Å². The van der Waals surface area contributed by atoms with Gasteiger partial charge in [0.1, 0.15) is 0 Å². The first-order valence-electron chi connectivity index (χ1n) is 6.17. The molecule has 0 aromatic heterocycles. The molecule has 1 N–H and O–H groups in total. The molecule has 0 amide bonds. The van der Waals surface area contributed by atoms with Crippen molar-refractivity contribution in [2.45, 2.75) is 39.0 Å². The van der Waals surface area contributed by atoms with Gasteiger partial charge in [-0.25, -0.2) is 13.1 Å². The summed E-state index contributed by atoms with van der Waals surface area (Å²) in [6, 6.07) is 8.21. The SMILES string of the molecule is CNS(=O)(=O)CC(C)c1ccc(C(C)(C)C)cc1. The maximum Gasteiger partial charge on any atom is 0.211 e. The van der Waals surface area contributed by atoms with Gasteiger partial charge in [-0.05, 0) is 29.5 Å². The van der Waals surface area contributed by atoms with Crippen LogP contribution in [-0.2, 0) is 15.4 Å². The lowest BCUT2D eigenvalue weighted by Gasteiger charge is -2.20. The molecular formula is C14H23NO2S. The first kappa shape index (κ1) is 15.2. The van der Waals surface area contributed by atoms with Crippen LogP contribution in [0, 0.1) is 0 Å². The smallest absolute Gasteiger partial charge is 0.211 e. The molecule has 0 fully saturated rings. The predicted octanol–water partition coefficient (Wildman–Crippen LogP) is 2.64. The quantitative estimate of drug-likeness (QED) is 0.913. The summed E-state index contributed by atoms with van der Waals surface area (Å²) in [7, 11) is -1.71. The molecular weight excluding hydrogens is 246 g/mol. The summed E-state index contributed by atoms with van der Waals surface area (Å²) in [6.07, 6.45) is 0. The van der Waals surface area contributed by atoms with Crippen LogP contribution in [-0.4, -0.2) is 21.2 Å². The number of sulfonamides is 1. The molecule has 1 unspecified atom stereocenters. The summed E-state index contributed by atoms with van der Waals surface area (Å²) < 4.78 is 25.3. The molecule has 0 saturated carbocycles. The first-order valence-corrected chi connectivity index (χ1v) is 7.82. The van der Waals surface area contributed by atoms with E-state index in [1.54, 1.807) is 0 Å². The monoisotopic (exact) mass is 269 g/mol. The molecule has 1 aromatic carbocycles. The Bertz CT molecular complexity index is 484. The Morgan fingerprint density at radius 2 is 1.67 bits per heavy atom. The molecule has 102 valence electrons. The van der Waals surface area contributed by atoms with E-state index in [1.807, 2.05) is 19.1 Å². The highest BCUT2D eigenvalue weighted by molar-refractivity contribution is 7.89. The molecule has 1 aromatic rings. The minimum atomic E-state index is -3.16. The van der Waals surface area contributed by atoms with Gasteiger partial charge in [-0.2, -0.15) is 0 Å². The van der Waals surface area contributed by atoms with E-state index in [9.17, 15) is 8.42 Å². The van der Waals surface area contributed by atoms with Gasteiger partial charge in [0.05, 0.1) is 5.75 Å². The van der Waals surface area contributed by atoms with Gasteiger partial charge in [0.15, 0.2) is 0 Å². The molecule has 0 radical (unpaired) electrons. The Labute approximate surface area is 111 Å². The van der Waals surface area contributed by atoms with E-state index in [0.717, 1.165) is 5.56 Å². The third kappa shape index (κ3) is 4.10. The number of benzene rings is 1. The summed E-state index contributed by atoms with van der Waals surface area (Å²) in [4.78, 5) is 0. The Hall–Kier alpha value is -0.870. The minimum Gasteiger partial charge on any atom is -0.218 e. The standard InChI is InChI=1S/C14H23NO2S/c1-11(10-18(16,17)15-5)12-6-8-13(9-7-12)14(2,3)4/h6-9,11,15H,10H2,1-5H3. The van der Waals surface area contributed by atoms with Crippen LogP contribution in [0.25, 0.3) is 0 Å². The number of rotatable bonds is 4. The molecule has 0 aliphatic rings. The molecule has 0 saturated heterocycles. The van der Waals surface area contributed by atoms with Gasteiger partial charge in [0.2, 0.25) is 10.0 Å². The fourth-order valence-electron chi connectivity index (χ4n) is 1.82. The third-order valence-electron chi connectivity index (χ3n) is 3.13. The van der Waals surface area contributed by atoms with E-state index in [0.29, 0.717) is 0 Å². The van der Waals surface area contributed by atoms with Crippen molar-refractivity contribution in [3.63, 3.8) is 0 Å². The maximum atomic E-state index is 11.5. The highest BCUT2D eigenvalue weighted by atomic mass is 32.2. The zero-order valence-corrected chi connectivity index (χ0v) is 12.6. The van der Waals surface area contributed by atoms with Crippen molar-refractivity contribution in [2.75, 3.05) is 12.8 Å². The van der Waals surface area contributed by atoms with Gasteiger partial charge in [-0.15, -0.1) is 0 Å². The topological polar surface area (TPSA) is 46.2 Å². The lowest BCUT2D eigenvalue weighted by Crippen LogP contribution is -2.25. The maximum absolute atomic E-state index is 11.5. The average Bonchev–Trinajstić information content (AvgIpc) is 2.27. The van der Waals surface area contributed by atoms with E-state index in [1.165, 1.54) is 12.6 Å². The Morgan fingerprint density at radius 1 is 1.17 bits per heavy atom. The van der Waals surface area contributed by atoms with E-state index in [-0.39, 0.29) is 17.1 Å². The summed E-state index contributed by atoms with van der Waals surface area (Å²) in [6.45, 7) is 8.42. The van der Waals surface area contributed by atoms with Crippen molar-refractivity contribution >= 4 is 10.0 Å². The zero-order valence-electron chi connectivity index (χ0n) is 11.8. The Balaban J connectivity index is 2.86. The molecule has 3 nitrogen and oxygen atoms in total. The minimum absolute atomic E-state index is 0.00327. The van der Waals surface area contributed by atoms with Crippen LogP contribution < -0.4 is 4.72 Å². The van der Waals surface area contributed by atoms with Crippen molar-refractivity contribution in [2.24, 2.45) is 0 Å². The van der Waals surface area contributed by atoms with E-state index < -0.39 is 10.0 Å². The normalized spacial score (nSPS) is 14.5. The van der Waals surface area contributed by atoms with Crippen molar-refractivity contribution in [1.82, 2.24) is 4.72 Å². The van der Waals surface area contributed by atoms with Crippen molar-refractivity contribution < 1.29 is 8.42 Å². The zero-order chi connectivity index (χ0) is 14.0. The molecule has 1 atom stereocenters. The predicted molar refractivity (Wildman–Crippen MR) is 76.4 cm³/mol. The summed E-state index contributed by atoms with van der Waals surface area (Å²) in [5, 5.41) is 0. The third-order valence-corrected chi connectivity index (χ3v) is 4.69. The van der Waals surface area contributed by atoms with E-state index in [4.69, 9.17) is 0 Å².